The molecule has 122 valence electrons. The Morgan fingerprint density at radius 3 is 2.91 bits per heavy atom. The van der Waals surface area contributed by atoms with Gasteiger partial charge in [0.1, 0.15) is 0 Å². The molecule has 8 heteroatoms. The fraction of sp³-hybridized carbons (Fsp3) is 0.600. The number of hydrogen-bond donors (Lipinski definition) is 1. The molecule has 2 aromatic rings. The first kappa shape index (κ1) is 15.3. The number of fused-ring (bicyclic) bond motifs is 3. The van der Waals surface area contributed by atoms with Crippen LogP contribution in [0.5, 0.6) is 0 Å². The molecule has 1 aliphatic rings. The highest BCUT2D eigenvalue weighted by molar-refractivity contribution is 5.74. The lowest BCUT2D eigenvalue weighted by molar-refractivity contribution is 0.515. The first-order chi connectivity index (χ1) is 11.0. The number of hydrogen-bond acceptors (Lipinski definition) is 5. The fourth-order valence-corrected chi connectivity index (χ4v) is 2.99. The average Bonchev–Trinajstić information content (AvgIpc) is 3.12. The van der Waals surface area contributed by atoms with Crippen molar-refractivity contribution in [3.05, 3.63) is 20.8 Å². The van der Waals surface area contributed by atoms with Gasteiger partial charge in [-0.15, -0.1) is 0 Å². The number of imidazole rings is 1. The number of nitriles is 1. The maximum atomic E-state index is 12.7. The highest BCUT2D eigenvalue weighted by Crippen LogP contribution is 2.19. The molecule has 3 heterocycles. The molecule has 0 unspecified atom stereocenters. The van der Waals surface area contributed by atoms with Crippen LogP contribution in [0, 0.1) is 17.2 Å². The van der Waals surface area contributed by atoms with Crippen molar-refractivity contribution in [2.24, 2.45) is 13.0 Å². The van der Waals surface area contributed by atoms with Crippen molar-refractivity contribution in [2.45, 2.75) is 39.3 Å². The summed E-state index contributed by atoms with van der Waals surface area (Å²) >= 11 is 0. The molecule has 1 aliphatic heterocycles. The van der Waals surface area contributed by atoms with E-state index in [0.717, 1.165) is 19.4 Å². The van der Waals surface area contributed by atoms with Crippen LogP contribution >= 0.6 is 0 Å². The van der Waals surface area contributed by atoms with Crippen LogP contribution in [0.2, 0.25) is 0 Å². The molecular weight excluding hydrogens is 296 g/mol. The Hall–Kier alpha value is -2.56. The third kappa shape index (κ3) is 2.52. The zero-order valence-electron chi connectivity index (χ0n) is 13.4. The predicted molar refractivity (Wildman–Crippen MR) is 86.4 cm³/mol. The lowest BCUT2D eigenvalue weighted by atomic mass is 10.1. The normalized spacial score (nSPS) is 14.5. The summed E-state index contributed by atoms with van der Waals surface area (Å²) in [6.45, 7) is 3.67. The molecule has 0 fully saturated rings. The van der Waals surface area contributed by atoms with E-state index < -0.39 is 0 Å². The molecule has 1 atom stereocenters. The highest BCUT2D eigenvalue weighted by atomic mass is 16.2. The maximum absolute atomic E-state index is 12.7. The summed E-state index contributed by atoms with van der Waals surface area (Å²) in [5.74, 6) is 0.647. The van der Waals surface area contributed by atoms with E-state index in [2.05, 4.69) is 16.4 Å². The van der Waals surface area contributed by atoms with Gasteiger partial charge in [0.15, 0.2) is 11.2 Å². The van der Waals surface area contributed by atoms with Crippen LogP contribution in [0.25, 0.3) is 11.2 Å². The Labute approximate surface area is 133 Å². The molecular formula is C15H20N6O2. The van der Waals surface area contributed by atoms with Gasteiger partial charge in [0.2, 0.25) is 5.95 Å². The van der Waals surface area contributed by atoms with E-state index in [-0.39, 0.29) is 17.2 Å². The number of unbranched alkanes of at least 4 members (excludes halogenated alkanes) is 1. The Kier molecular flexibility index (Phi) is 3.94. The summed E-state index contributed by atoms with van der Waals surface area (Å²) in [6, 6.07) is 2.19. The molecule has 0 aliphatic carbocycles. The zero-order chi connectivity index (χ0) is 16.6. The molecule has 0 amide bonds. The molecule has 0 radical (unpaired) electrons. The summed E-state index contributed by atoms with van der Waals surface area (Å²) in [7, 11) is 1.64. The molecule has 0 spiro atoms. The van der Waals surface area contributed by atoms with Gasteiger partial charge < -0.3 is 9.88 Å². The van der Waals surface area contributed by atoms with E-state index in [0.29, 0.717) is 36.6 Å². The van der Waals surface area contributed by atoms with Crippen molar-refractivity contribution in [2.75, 3.05) is 11.9 Å². The summed E-state index contributed by atoms with van der Waals surface area (Å²) in [4.78, 5) is 29.5. The van der Waals surface area contributed by atoms with E-state index in [9.17, 15) is 9.59 Å². The number of nitrogens with one attached hydrogen (secondary N) is 1. The minimum atomic E-state index is -0.340. The van der Waals surface area contributed by atoms with E-state index in [1.165, 1.54) is 9.13 Å². The average molecular weight is 316 g/mol. The fourth-order valence-electron chi connectivity index (χ4n) is 2.99. The number of rotatable bonds is 5. The van der Waals surface area contributed by atoms with Gasteiger partial charge in [0.05, 0.1) is 6.07 Å². The Morgan fingerprint density at radius 2 is 2.17 bits per heavy atom. The lowest BCUT2D eigenvalue weighted by Crippen LogP contribution is -2.39. The van der Waals surface area contributed by atoms with Crippen molar-refractivity contribution >= 4 is 17.1 Å². The van der Waals surface area contributed by atoms with E-state index >= 15 is 0 Å². The van der Waals surface area contributed by atoms with Crippen LogP contribution in [0.3, 0.4) is 0 Å². The minimum Gasteiger partial charge on any atom is -0.354 e. The zero-order valence-corrected chi connectivity index (χ0v) is 13.4. The smallest absolute Gasteiger partial charge is 0.332 e. The number of aromatic nitrogens is 4. The van der Waals surface area contributed by atoms with Crippen LogP contribution in [0.1, 0.15) is 26.2 Å². The molecule has 1 N–H and O–H groups in total. The maximum Gasteiger partial charge on any atom is 0.332 e. The second kappa shape index (κ2) is 5.91. The Balaban J connectivity index is 1.93. The van der Waals surface area contributed by atoms with Gasteiger partial charge >= 0.3 is 5.69 Å². The summed E-state index contributed by atoms with van der Waals surface area (Å²) in [6.07, 6.45) is 2.29. The van der Waals surface area contributed by atoms with Crippen LogP contribution in [0.15, 0.2) is 9.59 Å². The number of nitrogens with zero attached hydrogens (tertiary/aromatic N) is 5. The second-order valence-corrected chi connectivity index (χ2v) is 6.01. The highest BCUT2D eigenvalue weighted by Gasteiger charge is 2.22. The van der Waals surface area contributed by atoms with Crippen molar-refractivity contribution < 1.29 is 0 Å². The SMILES string of the molecule is C[C@@H](C#N)CCCCn1c(=O)c2c(nc3n2CCN3)n(C)c1=O. The topological polar surface area (TPSA) is 97.6 Å². The van der Waals surface area contributed by atoms with Crippen molar-refractivity contribution in [3.63, 3.8) is 0 Å². The van der Waals surface area contributed by atoms with E-state index in [4.69, 9.17) is 5.26 Å². The van der Waals surface area contributed by atoms with Crippen molar-refractivity contribution in [1.29, 1.82) is 5.26 Å². The second-order valence-electron chi connectivity index (χ2n) is 6.01. The third-order valence-electron chi connectivity index (χ3n) is 4.34. The number of aryl methyl sites for hydroxylation is 1. The van der Waals surface area contributed by atoms with Gasteiger partial charge in [-0.3, -0.25) is 13.9 Å². The van der Waals surface area contributed by atoms with E-state index in [1.54, 1.807) is 7.05 Å². The summed E-state index contributed by atoms with van der Waals surface area (Å²) < 4.78 is 4.56. The van der Waals surface area contributed by atoms with Crippen LogP contribution in [-0.2, 0) is 20.1 Å². The molecule has 0 saturated carbocycles. The Bertz CT molecular complexity index is 898. The van der Waals surface area contributed by atoms with E-state index in [1.807, 2.05) is 11.5 Å². The standard InChI is InChI=1S/C15H20N6O2/c1-10(9-16)5-3-4-7-21-13(22)11-12(19(2)15(21)23)18-14-17-6-8-20(11)14/h10H,3-8H2,1-2H3,(H,17,18)/t10-/m1/s1. The molecule has 2 aromatic heterocycles. The molecule has 23 heavy (non-hydrogen) atoms. The predicted octanol–water partition coefficient (Wildman–Crippen LogP) is 0.652. The van der Waals surface area contributed by atoms with Crippen LogP contribution in [0.4, 0.5) is 5.95 Å². The summed E-state index contributed by atoms with van der Waals surface area (Å²) in [5, 5.41) is 11.9. The Morgan fingerprint density at radius 1 is 1.39 bits per heavy atom. The number of anilines is 1. The van der Waals surface area contributed by atoms with Crippen LogP contribution < -0.4 is 16.6 Å². The first-order valence-corrected chi connectivity index (χ1v) is 7.88. The van der Waals surface area contributed by atoms with Gasteiger partial charge in [0.25, 0.3) is 5.56 Å². The van der Waals surface area contributed by atoms with Crippen LogP contribution in [-0.4, -0.2) is 25.2 Å². The molecule has 3 rings (SSSR count). The quantitative estimate of drug-likeness (QED) is 0.817. The molecule has 0 saturated heterocycles. The minimum absolute atomic E-state index is 0.00112. The molecule has 0 aromatic carbocycles. The van der Waals surface area contributed by atoms with Gasteiger partial charge in [-0.2, -0.15) is 10.2 Å². The van der Waals surface area contributed by atoms with Crippen molar-refractivity contribution in [1.82, 2.24) is 18.7 Å². The third-order valence-corrected chi connectivity index (χ3v) is 4.34. The monoisotopic (exact) mass is 316 g/mol. The van der Waals surface area contributed by atoms with Gasteiger partial charge in [-0.05, 0) is 19.8 Å². The van der Waals surface area contributed by atoms with Crippen molar-refractivity contribution in [3.8, 4) is 6.07 Å². The lowest BCUT2D eigenvalue weighted by Gasteiger charge is -2.09. The molecule has 0 bridgehead atoms. The largest absolute Gasteiger partial charge is 0.354 e. The van der Waals surface area contributed by atoms with Gasteiger partial charge in [0, 0.05) is 32.6 Å². The van der Waals surface area contributed by atoms with Gasteiger partial charge in [-0.1, -0.05) is 6.42 Å². The first-order valence-electron chi connectivity index (χ1n) is 7.88. The molecule has 8 nitrogen and oxygen atoms in total. The van der Waals surface area contributed by atoms with Gasteiger partial charge in [-0.25, -0.2) is 4.79 Å². The summed E-state index contributed by atoms with van der Waals surface area (Å²) in [5.41, 5.74) is 0.292.